The number of thiophene rings is 1. The molecule has 0 amide bonds. The maximum Gasteiger partial charge on any atom is 0.137 e. The van der Waals surface area contributed by atoms with Gasteiger partial charge in [-0.25, -0.2) is 0 Å². The Morgan fingerprint density at radius 2 is 1.02 bits per heavy atom. The van der Waals surface area contributed by atoms with Crippen LogP contribution in [0.2, 0.25) is 0 Å². The zero-order valence-corrected chi connectivity index (χ0v) is 32.3. The molecule has 1 aliphatic carbocycles. The molecular weight excluding hydrogens is 723 g/mol. The van der Waals surface area contributed by atoms with E-state index in [0.717, 1.165) is 39.0 Å². The van der Waals surface area contributed by atoms with Gasteiger partial charge in [-0.15, -0.1) is 11.3 Å². The molecule has 9 aromatic carbocycles. The summed E-state index contributed by atoms with van der Waals surface area (Å²) < 4.78 is 8.97. The van der Waals surface area contributed by atoms with Gasteiger partial charge < -0.3 is 9.32 Å². The zero-order chi connectivity index (χ0) is 38.2. The molecule has 0 unspecified atom stereocenters. The van der Waals surface area contributed by atoms with Gasteiger partial charge in [-0.2, -0.15) is 0 Å². The van der Waals surface area contributed by atoms with Crippen molar-refractivity contribution >= 4 is 70.5 Å². The summed E-state index contributed by atoms with van der Waals surface area (Å²) in [5, 5.41) is 4.77. The van der Waals surface area contributed by atoms with Crippen molar-refractivity contribution in [1.82, 2.24) is 0 Å². The SMILES string of the molecule is c1ccc(-c2ccc(N(c3ccc4c(c3)oc3ccccc34)c3cccc4c3sc3ccc(C5(c6ccccc6)c6ccccc6-c6ccccc65)cc34)cc2)cc1. The van der Waals surface area contributed by atoms with Crippen LogP contribution in [0.25, 0.3) is 64.4 Å². The van der Waals surface area contributed by atoms with E-state index in [4.69, 9.17) is 4.42 Å². The average molecular weight is 758 g/mol. The van der Waals surface area contributed by atoms with Gasteiger partial charge in [-0.3, -0.25) is 0 Å². The summed E-state index contributed by atoms with van der Waals surface area (Å²) in [6.45, 7) is 0. The van der Waals surface area contributed by atoms with E-state index in [9.17, 15) is 0 Å². The standard InChI is InChI=1S/C55H35NOS/c1-3-14-36(15-4-1)37-26-29-40(30-27-37)56(41-31-32-45-44-20-9-12-25-51(44)57-52(45)35-41)50-24-13-21-46-47-34-39(28-33-53(47)58-54(46)50)55(38-16-5-2-6-17-38)48-22-10-7-18-42(48)43-19-8-11-23-49(43)55/h1-35H. The maximum atomic E-state index is 6.46. The zero-order valence-electron chi connectivity index (χ0n) is 31.5. The summed E-state index contributed by atoms with van der Waals surface area (Å²) in [5.41, 5.74) is 14.8. The number of anilines is 3. The summed E-state index contributed by atoms with van der Waals surface area (Å²) in [5.74, 6) is 0. The minimum Gasteiger partial charge on any atom is -0.456 e. The van der Waals surface area contributed by atoms with Gasteiger partial charge in [0.05, 0.1) is 15.8 Å². The fourth-order valence-corrected chi connectivity index (χ4v) is 10.8. The third-order valence-electron chi connectivity index (χ3n) is 12.2. The minimum absolute atomic E-state index is 0.455. The van der Waals surface area contributed by atoms with E-state index in [0.29, 0.717) is 0 Å². The second kappa shape index (κ2) is 12.9. The second-order valence-electron chi connectivity index (χ2n) is 15.2. The second-order valence-corrected chi connectivity index (χ2v) is 16.3. The van der Waals surface area contributed by atoms with Crippen molar-refractivity contribution < 1.29 is 4.42 Å². The summed E-state index contributed by atoms with van der Waals surface area (Å²) in [6, 6.07) is 77.5. The van der Waals surface area contributed by atoms with E-state index >= 15 is 0 Å². The van der Waals surface area contributed by atoms with Crippen molar-refractivity contribution in [3.8, 4) is 22.3 Å². The van der Waals surface area contributed by atoms with Gasteiger partial charge in [-0.05, 0) is 93.0 Å². The first-order chi connectivity index (χ1) is 28.8. The highest BCUT2D eigenvalue weighted by atomic mass is 32.1. The Morgan fingerprint density at radius 1 is 0.397 bits per heavy atom. The quantitative estimate of drug-likeness (QED) is 0.168. The number of nitrogens with zero attached hydrogens (tertiary/aromatic N) is 1. The number of furan rings is 1. The summed E-state index contributed by atoms with van der Waals surface area (Å²) in [6.07, 6.45) is 0. The van der Waals surface area contributed by atoms with E-state index in [1.807, 2.05) is 23.5 Å². The van der Waals surface area contributed by atoms with Crippen LogP contribution < -0.4 is 4.90 Å². The van der Waals surface area contributed by atoms with Crippen molar-refractivity contribution in [2.75, 3.05) is 4.90 Å². The number of fused-ring (bicyclic) bond motifs is 9. The number of benzene rings is 9. The van der Waals surface area contributed by atoms with Crippen LogP contribution in [0.15, 0.2) is 217 Å². The fourth-order valence-electron chi connectivity index (χ4n) is 9.62. The molecular formula is C55H35NOS. The fraction of sp³-hybridized carbons (Fsp3) is 0.0182. The van der Waals surface area contributed by atoms with Gasteiger partial charge in [-0.1, -0.05) is 158 Å². The molecule has 0 aliphatic heterocycles. The summed E-state index contributed by atoms with van der Waals surface area (Å²) >= 11 is 1.87. The Morgan fingerprint density at radius 3 is 1.79 bits per heavy atom. The molecule has 58 heavy (non-hydrogen) atoms. The lowest BCUT2D eigenvalue weighted by molar-refractivity contribution is 0.669. The van der Waals surface area contributed by atoms with E-state index in [2.05, 4.69) is 205 Å². The van der Waals surface area contributed by atoms with Gasteiger partial charge >= 0.3 is 0 Å². The molecule has 0 bridgehead atoms. The van der Waals surface area contributed by atoms with Gasteiger partial charge in [0, 0.05) is 43.7 Å². The normalized spacial score (nSPS) is 13.0. The first kappa shape index (κ1) is 33.0. The van der Waals surface area contributed by atoms with Gasteiger partial charge in [0.1, 0.15) is 11.2 Å². The molecule has 0 atom stereocenters. The van der Waals surface area contributed by atoms with Crippen molar-refractivity contribution in [1.29, 1.82) is 0 Å². The van der Waals surface area contributed by atoms with Crippen molar-refractivity contribution in [2.45, 2.75) is 5.41 Å². The molecule has 12 rings (SSSR count). The number of rotatable bonds is 6. The minimum atomic E-state index is -0.455. The predicted molar refractivity (Wildman–Crippen MR) is 244 cm³/mol. The molecule has 0 saturated carbocycles. The Labute approximate surface area is 340 Å². The Balaban J connectivity index is 1.08. The van der Waals surface area contributed by atoms with E-state index in [1.54, 1.807) is 0 Å². The van der Waals surface area contributed by atoms with Crippen molar-refractivity contribution in [3.05, 3.63) is 235 Å². The molecule has 11 aromatic rings. The Kier molecular flexibility index (Phi) is 7.35. The molecule has 0 N–H and O–H groups in total. The highest BCUT2D eigenvalue weighted by Crippen LogP contribution is 2.57. The Bertz CT molecular complexity index is 3300. The summed E-state index contributed by atoms with van der Waals surface area (Å²) in [4.78, 5) is 2.40. The Hall–Kier alpha value is -7.20. The molecule has 0 fully saturated rings. The van der Waals surface area contributed by atoms with Crippen LogP contribution >= 0.6 is 11.3 Å². The van der Waals surface area contributed by atoms with Gasteiger partial charge in [0.2, 0.25) is 0 Å². The molecule has 0 radical (unpaired) electrons. The first-order valence-corrected chi connectivity index (χ1v) is 20.6. The van der Waals surface area contributed by atoms with Crippen LogP contribution in [0.1, 0.15) is 22.3 Å². The third kappa shape index (κ3) is 4.84. The molecule has 272 valence electrons. The highest BCUT2D eigenvalue weighted by molar-refractivity contribution is 7.26. The van der Waals surface area contributed by atoms with Crippen LogP contribution in [-0.4, -0.2) is 0 Å². The van der Waals surface area contributed by atoms with Crippen molar-refractivity contribution in [3.63, 3.8) is 0 Å². The third-order valence-corrected chi connectivity index (χ3v) is 13.4. The highest BCUT2D eigenvalue weighted by Gasteiger charge is 2.46. The van der Waals surface area contributed by atoms with Gasteiger partial charge in [0.25, 0.3) is 0 Å². The predicted octanol–water partition coefficient (Wildman–Crippen LogP) is 15.5. The van der Waals surface area contributed by atoms with E-state index in [-0.39, 0.29) is 0 Å². The lowest BCUT2D eigenvalue weighted by Crippen LogP contribution is -2.28. The smallest absolute Gasteiger partial charge is 0.137 e. The van der Waals surface area contributed by atoms with Crippen molar-refractivity contribution in [2.24, 2.45) is 0 Å². The maximum absolute atomic E-state index is 6.46. The van der Waals surface area contributed by atoms with Crippen LogP contribution in [-0.2, 0) is 5.41 Å². The lowest BCUT2D eigenvalue weighted by Gasteiger charge is -2.34. The molecule has 1 aliphatic rings. The van der Waals surface area contributed by atoms with Crippen LogP contribution in [0, 0.1) is 0 Å². The molecule has 2 nitrogen and oxygen atoms in total. The monoisotopic (exact) mass is 757 g/mol. The topological polar surface area (TPSA) is 16.4 Å². The number of hydrogen-bond donors (Lipinski definition) is 0. The van der Waals surface area contributed by atoms with Crippen LogP contribution in [0.3, 0.4) is 0 Å². The molecule has 2 aromatic heterocycles. The van der Waals surface area contributed by atoms with E-state index < -0.39 is 5.41 Å². The largest absolute Gasteiger partial charge is 0.456 e. The number of hydrogen-bond acceptors (Lipinski definition) is 3. The molecule has 0 spiro atoms. The molecule has 0 saturated heterocycles. The summed E-state index contributed by atoms with van der Waals surface area (Å²) in [7, 11) is 0. The van der Waals surface area contributed by atoms with Crippen LogP contribution in [0.5, 0.6) is 0 Å². The first-order valence-electron chi connectivity index (χ1n) is 19.8. The molecule has 3 heteroatoms. The average Bonchev–Trinajstić information content (AvgIpc) is 3.96. The van der Waals surface area contributed by atoms with Gasteiger partial charge in [0.15, 0.2) is 0 Å². The molecule has 2 heterocycles. The number of para-hydroxylation sites is 1. The lowest BCUT2D eigenvalue weighted by atomic mass is 9.67. The van der Waals surface area contributed by atoms with Crippen LogP contribution in [0.4, 0.5) is 17.1 Å². The van der Waals surface area contributed by atoms with E-state index in [1.165, 1.54) is 64.7 Å².